The van der Waals surface area contributed by atoms with Gasteiger partial charge in [0.1, 0.15) is 23.3 Å². The van der Waals surface area contributed by atoms with Gasteiger partial charge in [0.05, 0.1) is 6.26 Å². The summed E-state index contributed by atoms with van der Waals surface area (Å²) >= 11 is 0. The summed E-state index contributed by atoms with van der Waals surface area (Å²) in [5.41, 5.74) is -1.43. The van der Waals surface area contributed by atoms with Crippen molar-refractivity contribution in [2.75, 3.05) is 33.2 Å². The summed E-state index contributed by atoms with van der Waals surface area (Å²) in [7, 11) is 1.46. The number of carbonyl (C=O) groups excluding carboxylic acids is 9. The van der Waals surface area contributed by atoms with Crippen LogP contribution in [0.5, 0.6) is 0 Å². The number of aliphatic hydroxyl groups is 1. The van der Waals surface area contributed by atoms with Crippen molar-refractivity contribution >= 4 is 53.3 Å². The van der Waals surface area contributed by atoms with Gasteiger partial charge in [-0.2, -0.15) is 0 Å². The van der Waals surface area contributed by atoms with Gasteiger partial charge in [-0.3, -0.25) is 48.1 Å². The van der Waals surface area contributed by atoms with Crippen LogP contribution in [-0.2, 0) is 52.6 Å². The zero-order valence-corrected chi connectivity index (χ0v) is 32.3. The van der Waals surface area contributed by atoms with Crippen LogP contribution in [0, 0.1) is 0 Å². The molecular weight excluding hydrogens is 708 g/mol. The first-order chi connectivity index (χ1) is 25.1. The maximum absolute atomic E-state index is 13.6. The number of hydrogen-bond donors (Lipinski definition) is 5. The highest BCUT2D eigenvalue weighted by atomic mass is 16.6. The Morgan fingerprint density at radius 2 is 1.15 bits per heavy atom. The number of hydrogen-bond acceptors (Lipinski definition) is 12. The molecule has 0 aromatic rings. The molecule has 0 fully saturated rings. The van der Waals surface area contributed by atoms with Crippen LogP contribution < -0.4 is 21.3 Å². The summed E-state index contributed by atoms with van der Waals surface area (Å²) in [4.78, 5) is 116. The molecule has 0 aliphatic carbocycles. The number of imide groups is 1. The van der Waals surface area contributed by atoms with E-state index in [0.717, 1.165) is 23.1 Å². The van der Waals surface area contributed by atoms with Gasteiger partial charge in [-0.15, -0.1) is 0 Å². The van der Waals surface area contributed by atoms with Gasteiger partial charge in [0.15, 0.2) is 0 Å². The Kier molecular flexibility index (Phi) is 19.6. The molecule has 0 aromatic carbocycles. The number of rotatable bonds is 22. The number of aliphatic hydroxyl groups excluding tert-OH is 1. The molecule has 1 rings (SSSR count). The van der Waals surface area contributed by atoms with E-state index in [9.17, 15) is 43.2 Å². The van der Waals surface area contributed by atoms with Crippen LogP contribution in [0.3, 0.4) is 0 Å². The lowest BCUT2D eigenvalue weighted by Crippen LogP contribution is -2.63. The number of ether oxygens (including phenoxy) is 2. The summed E-state index contributed by atoms with van der Waals surface area (Å²) in [6.07, 6.45) is 3.65. The summed E-state index contributed by atoms with van der Waals surface area (Å²) in [5, 5.41) is 19.0. The molecule has 18 nitrogen and oxygen atoms in total. The van der Waals surface area contributed by atoms with Crippen molar-refractivity contribution in [2.45, 2.75) is 116 Å². The first-order valence-electron chi connectivity index (χ1n) is 17.8. The van der Waals surface area contributed by atoms with Crippen molar-refractivity contribution < 1.29 is 57.7 Å². The average molecular weight is 765 g/mol. The second-order valence-corrected chi connectivity index (χ2v) is 14.5. The Labute approximate surface area is 315 Å². The van der Waals surface area contributed by atoms with E-state index in [1.807, 2.05) is 0 Å². The van der Waals surface area contributed by atoms with Gasteiger partial charge in [-0.25, -0.2) is 0 Å². The maximum atomic E-state index is 13.6. The standard InChI is InChI=1S/C36H56N6O12/c1-35(2,3)53-29(49)14-8-19-37-33(51)31(39-24(44)12-10-21-41(7)26(46)18-23-43)32(34(52)38-20-9-15-30(50)54-36(4,5)6)40-25(45)13-11-22-42-27(47)16-17-28(42)48/h16-18,23,31-32,43H,8-15,19-22H2,1-7H3,(H,37,51)(H,38,52)(H,39,44)(H,40,45)/b23-18-/t31-,32-/m0/s1. The van der Waals surface area contributed by atoms with E-state index in [0.29, 0.717) is 6.26 Å². The number of nitrogens with one attached hydrogen (secondary N) is 4. The summed E-state index contributed by atoms with van der Waals surface area (Å²) in [6.45, 7) is 10.2. The van der Waals surface area contributed by atoms with Gasteiger partial charge in [-0.05, 0) is 67.2 Å². The van der Waals surface area contributed by atoms with E-state index in [-0.39, 0.29) is 77.5 Å². The van der Waals surface area contributed by atoms with Gasteiger partial charge in [-0.1, -0.05) is 0 Å². The van der Waals surface area contributed by atoms with Crippen LogP contribution >= 0.6 is 0 Å². The highest BCUT2D eigenvalue weighted by Gasteiger charge is 2.36. The van der Waals surface area contributed by atoms with Crippen molar-refractivity contribution in [1.82, 2.24) is 31.1 Å². The molecule has 0 aromatic heterocycles. The molecule has 54 heavy (non-hydrogen) atoms. The lowest BCUT2D eigenvalue weighted by Gasteiger charge is -2.28. The van der Waals surface area contributed by atoms with E-state index in [4.69, 9.17) is 14.6 Å². The molecule has 0 bridgehead atoms. The molecule has 1 heterocycles. The molecule has 18 heteroatoms. The van der Waals surface area contributed by atoms with Gasteiger partial charge in [0, 0.05) is 77.1 Å². The van der Waals surface area contributed by atoms with Crippen LogP contribution in [0.4, 0.5) is 0 Å². The summed E-state index contributed by atoms with van der Waals surface area (Å²) in [5.74, 6) is -5.72. The monoisotopic (exact) mass is 764 g/mol. The van der Waals surface area contributed by atoms with Crippen molar-refractivity contribution in [1.29, 1.82) is 0 Å². The first-order valence-corrected chi connectivity index (χ1v) is 17.8. The molecule has 2 atom stereocenters. The number of nitrogens with zero attached hydrogens (tertiary/aromatic N) is 2. The third kappa shape index (κ3) is 19.5. The Morgan fingerprint density at radius 1 is 0.722 bits per heavy atom. The van der Waals surface area contributed by atoms with Crippen molar-refractivity contribution in [2.24, 2.45) is 0 Å². The number of amides is 7. The Balaban J connectivity index is 3.18. The third-order valence-corrected chi connectivity index (χ3v) is 7.26. The van der Waals surface area contributed by atoms with E-state index < -0.39 is 76.6 Å². The minimum absolute atomic E-state index is 0.0286. The highest BCUT2D eigenvalue weighted by Crippen LogP contribution is 2.11. The summed E-state index contributed by atoms with van der Waals surface area (Å²) in [6, 6.07) is -3.35. The quantitative estimate of drug-likeness (QED) is 0.0332. The van der Waals surface area contributed by atoms with E-state index in [2.05, 4.69) is 21.3 Å². The fourth-order valence-electron chi connectivity index (χ4n) is 4.81. The van der Waals surface area contributed by atoms with E-state index >= 15 is 0 Å². The number of esters is 2. The van der Waals surface area contributed by atoms with Gasteiger partial charge < -0.3 is 40.7 Å². The highest BCUT2D eigenvalue weighted by molar-refractivity contribution is 6.12. The lowest BCUT2D eigenvalue weighted by atomic mass is 10.0. The average Bonchev–Trinajstić information content (AvgIpc) is 3.37. The van der Waals surface area contributed by atoms with Crippen LogP contribution in [0.15, 0.2) is 24.5 Å². The predicted octanol–water partition coefficient (Wildman–Crippen LogP) is 0.448. The minimum atomic E-state index is -1.68. The molecule has 0 spiro atoms. The Bertz CT molecular complexity index is 1410. The molecule has 5 N–H and O–H groups in total. The maximum Gasteiger partial charge on any atom is 0.306 e. The zero-order valence-electron chi connectivity index (χ0n) is 32.3. The lowest BCUT2D eigenvalue weighted by molar-refractivity contribution is -0.156. The van der Waals surface area contributed by atoms with Crippen molar-refractivity contribution in [3.63, 3.8) is 0 Å². The molecule has 1 aliphatic heterocycles. The predicted molar refractivity (Wildman–Crippen MR) is 194 cm³/mol. The van der Waals surface area contributed by atoms with Crippen molar-refractivity contribution in [3.8, 4) is 0 Å². The minimum Gasteiger partial charge on any atom is -0.515 e. The van der Waals surface area contributed by atoms with Gasteiger partial charge >= 0.3 is 11.9 Å². The molecular formula is C36H56N6O12. The van der Waals surface area contributed by atoms with E-state index in [1.165, 1.54) is 11.9 Å². The fourth-order valence-corrected chi connectivity index (χ4v) is 4.81. The molecule has 302 valence electrons. The fraction of sp³-hybridized carbons (Fsp3) is 0.639. The van der Waals surface area contributed by atoms with Crippen LogP contribution in [0.1, 0.15) is 92.9 Å². The number of carbonyl (C=O) groups is 9. The topological polar surface area (TPSA) is 247 Å². The van der Waals surface area contributed by atoms with Gasteiger partial charge in [0.2, 0.25) is 29.5 Å². The molecule has 0 radical (unpaired) electrons. The van der Waals surface area contributed by atoms with Crippen LogP contribution in [-0.4, -0.2) is 125 Å². The third-order valence-electron chi connectivity index (χ3n) is 7.26. The second-order valence-electron chi connectivity index (χ2n) is 14.5. The van der Waals surface area contributed by atoms with Crippen LogP contribution in [0.25, 0.3) is 0 Å². The van der Waals surface area contributed by atoms with Crippen LogP contribution in [0.2, 0.25) is 0 Å². The smallest absolute Gasteiger partial charge is 0.306 e. The molecule has 0 saturated carbocycles. The SMILES string of the molecule is CN(CCCC(=O)N[C@H](C(=O)NCCCC(=O)OC(C)(C)C)[C@H](NC(=O)CCCN1C(=O)C=CC1=O)C(=O)NCCCC(=O)OC(C)(C)C)C(=O)/C=C\O. The summed E-state index contributed by atoms with van der Waals surface area (Å²) < 4.78 is 10.6. The molecule has 0 unspecified atom stereocenters. The van der Waals surface area contributed by atoms with E-state index in [1.54, 1.807) is 41.5 Å². The molecule has 7 amide bonds. The Hall–Kier alpha value is -5.29. The van der Waals surface area contributed by atoms with Crippen molar-refractivity contribution in [3.05, 3.63) is 24.5 Å². The normalized spacial score (nSPS) is 13.9. The van der Waals surface area contributed by atoms with Gasteiger partial charge in [0.25, 0.3) is 11.8 Å². The second kappa shape index (κ2) is 22.7. The number of likely N-dealkylation sites (N-methyl/N-ethyl adjacent to an activating group) is 1. The molecule has 0 saturated heterocycles. The largest absolute Gasteiger partial charge is 0.515 e. The Morgan fingerprint density at radius 3 is 1.56 bits per heavy atom. The zero-order chi connectivity index (χ0) is 41.1. The molecule has 1 aliphatic rings. The first kappa shape index (κ1) is 46.7.